The van der Waals surface area contributed by atoms with Crippen LogP contribution in [0.3, 0.4) is 0 Å². The highest BCUT2D eigenvalue weighted by Crippen LogP contribution is 2.52. The van der Waals surface area contributed by atoms with Crippen LogP contribution in [0.15, 0.2) is 42.6 Å². The number of carbonyl (C=O) groups is 4. The van der Waals surface area contributed by atoms with Gasteiger partial charge in [0.25, 0.3) is 5.91 Å². The van der Waals surface area contributed by atoms with E-state index < -0.39 is 68.7 Å². The fourth-order valence-electron chi connectivity index (χ4n) is 9.20. The lowest BCUT2D eigenvalue weighted by molar-refractivity contribution is -0.142. The number of benzene rings is 1. The van der Waals surface area contributed by atoms with Crippen LogP contribution in [-0.4, -0.2) is 90.3 Å². The SMILES string of the molecule is CCOc1ccc2c(O[C@@H]3C[C@H]4C(=O)N[C@]5(C(=O)NS(=O)(=O)C6CC6)CC5/C=C\CC[C@@H](C)C[C@@H](C)[C@H](NC(=O)O[C@@H]5C[C@@H]6C[C@@H]6C5)C(=O)N4C3)nccc2c1. The van der Waals surface area contributed by atoms with E-state index in [1.165, 1.54) is 11.3 Å². The molecule has 3 N–H and O–H groups in total. The van der Waals surface area contributed by atoms with Crippen molar-refractivity contribution in [1.29, 1.82) is 0 Å². The minimum Gasteiger partial charge on any atom is -0.494 e. The minimum absolute atomic E-state index is 0.00604. The highest BCUT2D eigenvalue weighted by molar-refractivity contribution is 7.91. The normalized spacial score (nSPS) is 34.8. The van der Waals surface area contributed by atoms with E-state index in [1.807, 2.05) is 50.3 Å². The molecule has 2 aliphatic heterocycles. The second-order valence-corrected chi connectivity index (χ2v) is 19.0. The van der Waals surface area contributed by atoms with Crippen LogP contribution in [0.25, 0.3) is 10.8 Å². The van der Waals surface area contributed by atoms with Gasteiger partial charge in [-0.05, 0) is 118 Å². The first-order chi connectivity index (χ1) is 26.8. The molecule has 1 aromatic heterocycles. The summed E-state index contributed by atoms with van der Waals surface area (Å²) in [6.07, 6.45) is 10.2. The molecular weight excluding hydrogens is 739 g/mol. The number of rotatable bonds is 9. The summed E-state index contributed by atoms with van der Waals surface area (Å²) in [5.74, 6) is -0.146. The van der Waals surface area contributed by atoms with Crippen LogP contribution in [-0.2, 0) is 29.1 Å². The van der Waals surface area contributed by atoms with Gasteiger partial charge in [-0.1, -0.05) is 26.0 Å². The molecule has 4 amide bonds. The van der Waals surface area contributed by atoms with E-state index in [-0.39, 0.29) is 37.3 Å². The molecule has 0 spiro atoms. The van der Waals surface area contributed by atoms with Crippen molar-refractivity contribution in [1.82, 2.24) is 25.2 Å². The van der Waals surface area contributed by atoms with E-state index in [9.17, 15) is 27.6 Å². The lowest BCUT2D eigenvalue weighted by atomic mass is 9.88. The molecule has 10 atom stereocenters. The van der Waals surface area contributed by atoms with Crippen molar-refractivity contribution in [3.63, 3.8) is 0 Å². The maximum Gasteiger partial charge on any atom is 0.408 e. The van der Waals surface area contributed by atoms with Crippen LogP contribution in [0.1, 0.15) is 85.0 Å². The Morgan fingerprint density at radius 1 is 1.02 bits per heavy atom. The topological polar surface area (TPSA) is 182 Å². The maximum atomic E-state index is 14.9. The third-order valence-corrected chi connectivity index (χ3v) is 14.5. The second-order valence-electron chi connectivity index (χ2n) is 17.1. The molecule has 0 bridgehead atoms. The Morgan fingerprint density at radius 2 is 1.80 bits per heavy atom. The summed E-state index contributed by atoms with van der Waals surface area (Å²) in [5, 5.41) is 6.77. The van der Waals surface area contributed by atoms with Crippen molar-refractivity contribution in [3.8, 4) is 11.6 Å². The van der Waals surface area contributed by atoms with Gasteiger partial charge in [-0.2, -0.15) is 0 Å². The third kappa shape index (κ3) is 8.05. The number of nitrogens with one attached hydrogen (secondary N) is 3. The van der Waals surface area contributed by atoms with E-state index in [1.54, 1.807) is 6.20 Å². The van der Waals surface area contributed by atoms with Gasteiger partial charge in [-0.3, -0.25) is 19.1 Å². The maximum absolute atomic E-state index is 14.9. The van der Waals surface area contributed by atoms with Crippen LogP contribution < -0.4 is 24.8 Å². The number of aromatic nitrogens is 1. The summed E-state index contributed by atoms with van der Waals surface area (Å²) in [7, 11) is -3.89. The first-order valence-electron chi connectivity index (χ1n) is 20.3. The molecule has 15 heteroatoms. The number of hydrogen-bond acceptors (Lipinski definition) is 10. The number of hydrogen-bond donors (Lipinski definition) is 3. The molecule has 56 heavy (non-hydrogen) atoms. The zero-order chi connectivity index (χ0) is 39.4. The number of nitrogens with zero attached hydrogens (tertiary/aromatic N) is 2. The number of carbonyl (C=O) groups excluding carboxylic acids is 4. The van der Waals surface area contributed by atoms with Crippen LogP contribution >= 0.6 is 0 Å². The largest absolute Gasteiger partial charge is 0.494 e. The van der Waals surface area contributed by atoms with E-state index in [0.717, 1.165) is 30.0 Å². The Kier molecular flexibility index (Phi) is 10.4. The molecule has 14 nitrogen and oxygen atoms in total. The first kappa shape index (κ1) is 38.5. The van der Waals surface area contributed by atoms with Gasteiger partial charge >= 0.3 is 6.09 Å². The zero-order valence-corrected chi connectivity index (χ0v) is 33.1. The van der Waals surface area contributed by atoms with Gasteiger partial charge < -0.3 is 29.7 Å². The molecule has 3 heterocycles. The fraction of sp³-hybridized carbons (Fsp3) is 0.634. The average molecular weight is 792 g/mol. The van der Waals surface area contributed by atoms with E-state index >= 15 is 0 Å². The molecular formula is C41H53N5O9S. The molecule has 1 saturated heterocycles. The highest BCUT2D eigenvalue weighted by atomic mass is 32.2. The lowest BCUT2D eigenvalue weighted by Crippen LogP contribution is -2.59. The number of amides is 4. The third-order valence-electron chi connectivity index (χ3n) is 12.7. The number of fused-ring (bicyclic) bond motifs is 4. The minimum atomic E-state index is -3.89. The summed E-state index contributed by atoms with van der Waals surface area (Å²) < 4.78 is 46.1. The van der Waals surface area contributed by atoms with E-state index in [4.69, 9.17) is 14.2 Å². The highest BCUT2D eigenvalue weighted by Gasteiger charge is 2.62. The summed E-state index contributed by atoms with van der Waals surface area (Å²) in [6, 6.07) is 5.33. The summed E-state index contributed by atoms with van der Waals surface area (Å²) in [4.78, 5) is 62.6. The lowest BCUT2D eigenvalue weighted by Gasteiger charge is -2.33. The number of ether oxygens (including phenoxy) is 3. The van der Waals surface area contributed by atoms with Crippen molar-refractivity contribution in [2.24, 2.45) is 29.6 Å². The standard InChI is InChI=1S/C41H53N5O9S/c1-4-53-29-9-12-33-25(17-29)13-14-42-37(33)54-31-20-34-36(47)44-41(39(49)45-56(51,52)32-10-11-32)21-28(41)8-6-5-7-23(2)15-24(3)35(38(48)46(34)22-31)43-40(50)55-30-18-26-16-27(26)19-30/h6,8-9,12-14,17,23-24,26-28,30-32,34-35H,4-5,7,10-11,15-16,18-22H2,1-3H3,(H,43,50)(H,44,47)(H,45,49)/b8-6-/t23-,24-,26-,27+,28?,30+,31-,34+,35+,41-/m1/s1. The smallest absolute Gasteiger partial charge is 0.408 e. The van der Waals surface area contributed by atoms with Crippen molar-refractivity contribution >= 4 is 44.6 Å². The Hall–Kier alpha value is -4.40. The Morgan fingerprint density at radius 3 is 2.55 bits per heavy atom. The van der Waals surface area contributed by atoms with Gasteiger partial charge in [0.1, 0.15) is 35.6 Å². The second kappa shape index (κ2) is 15.2. The van der Waals surface area contributed by atoms with Crippen LogP contribution in [0, 0.1) is 29.6 Å². The molecule has 6 aliphatic rings. The Bertz CT molecular complexity index is 2010. The quantitative estimate of drug-likeness (QED) is 0.309. The van der Waals surface area contributed by atoms with Crippen LogP contribution in [0.4, 0.5) is 4.79 Å². The molecule has 2 aromatic rings. The average Bonchev–Trinajstić information content (AvgIpc) is 4.11. The number of allylic oxidation sites excluding steroid dienone is 1. The molecule has 302 valence electrons. The summed E-state index contributed by atoms with van der Waals surface area (Å²) >= 11 is 0. The van der Waals surface area contributed by atoms with Gasteiger partial charge in [0, 0.05) is 23.9 Å². The van der Waals surface area contributed by atoms with Crippen LogP contribution in [0.5, 0.6) is 11.6 Å². The van der Waals surface area contributed by atoms with Gasteiger partial charge in [-0.15, -0.1) is 0 Å². The molecule has 4 saturated carbocycles. The number of sulfonamides is 1. The van der Waals surface area contributed by atoms with Gasteiger partial charge in [-0.25, -0.2) is 18.2 Å². The van der Waals surface area contributed by atoms with Crippen LogP contribution in [0.2, 0.25) is 0 Å². The molecule has 8 rings (SSSR count). The number of pyridine rings is 1. The Balaban J connectivity index is 1.09. The fourth-order valence-corrected chi connectivity index (χ4v) is 10.6. The summed E-state index contributed by atoms with van der Waals surface area (Å²) in [6.45, 7) is 6.46. The zero-order valence-electron chi connectivity index (χ0n) is 32.3. The van der Waals surface area contributed by atoms with E-state index in [0.29, 0.717) is 55.8 Å². The Labute approximate surface area is 327 Å². The van der Waals surface area contributed by atoms with Gasteiger partial charge in [0.15, 0.2) is 0 Å². The van der Waals surface area contributed by atoms with Gasteiger partial charge in [0.05, 0.1) is 18.4 Å². The van der Waals surface area contributed by atoms with E-state index in [2.05, 4.69) is 27.3 Å². The van der Waals surface area contributed by atoms with Crippen molar-refractivity contribution < 1.29 is 41.8 Å². The van der Waals surface area contributed by atoms with Crippen molar-refractivity contribution in [3.05, 3.63) is 42.6 Å². The molecule has 5 fully saturated rings. The predicted molar refractivity (Wildman–Crippen MR) is 206 cm³/mol. The van der Waals surface area contributed by atoms with Crippen molar-refractivity contribution in [2.75, 3.05) is 13.2 Å². The molecule has 0 radical (unpaired) electrons. The monoisotopic (exact) mass is 791 g/mol. The molecule has 1 aromatic carbocycles. The first-order valence-corrected chi connectivity index (χ1v) is 21.9. The molecule has 4 aliphatic carbocycles. The van der Waals surface area contributed by atoms with Gasteiger partial charge in [0.2, 0.25) is 27.7 Å². The summed E-state index contributed by atoms with van der Waals surface area (Å²) in [5.41, 5.74) is -1.50. The van der Waals surface area contributed by atoms with Crippen molar-refractivity contribution in [2.45, 2.75) is 120 Å². The predicted octanol–water partition coefficient (Wildman–Crippen LogP) is 4.37. The number of alkyl carbamates (subject to hydrolysis) is 1. The molecule has 1 unspecified atom stereocenters.